The molecular formula is C25H50O. The van der Waals surface area contributed by atoms with Crippen molar-refractivity contribution in [3.8, 4) is 0 Å². The lowest BCUT2D eigenvalue weighted by Crippen LogP contribution is -1.83. The largest absolute Gasteiger partial charge is 0.396 e. The van der Waals surface area contributed by atoms with Crippen LogP contribution in [0.1, 0.15) is 142 Å². The Morgan fingerprint density at radius 1 is 0.423 bits per heavy atom. The van der Waals surface area contributed by atoms with Crippen molar-refractivity contribution in [2.45, 2.75) is 142 Å². The number of hydrogen-bond donors (Lipinski definition) is 1. The summed E-state index contributed by atoms with van der Waals surface area (Å²) in [6, 6.07) is 0. The molecule has 0 aromatic carbocycles. The van der Waals surface area contributed by atoms with Gasteiger partial charge in [0.2, 0.25) is 0 Å². The minimum atomic E-state index is 0.340. The second-order valence-corrected chi connectivity index (χ2v) is 8.14. The van der Waals surface area contributed by atoms with Crippen LogP contribution in [-0.4, -0.2) is 11.7 Å². The van der Waals surface area contributed by atoms with E-state index >= 15 is 0 Å². The molecule has 0 bridgehead atoms. The topological polar surface area (TPSA) is 20.2 Å². The molecule has 0 amide bonds. The van der Waals surface area contributed by atoms with E-state index in [2.05, 4.69) is 19.1 Å². The molecule has 0 saturated heterocycles. The van der Waals surface area contributed by atoms with E-state index in [9.17, 15) is 0 Å². The molecule has 156 valence electrons. The molecule has 0 spiro atoms. The zero-order valence-electron chi connectivity index (χ0n) is 18.2. The number of aliphatic hydroxyl groups excluding tert-OH is 1. The second kappa shape index (κ2) is 24.7. The molecule has 0 aliphatic heterocycles. The number of rotatable bonds is 22. The van der Waals surface area contributed by atoms with Crippen LogP contribution < -0.4 is 0 Å². The predicted octanol–water partition coefficient (Wildman–Crippen LogP) is 8.75. The molecule has 0 fully saturated rings. The molecule has 0 radical (unpaired) electrons. The summed E-state index contributed by atoms with van der Waals surface area (Å²) in [5.74, 6) is 0. The highest BCUT2D eigenvalue weighted by atomic mass is 16.2. The van der Waals surface area contributed by atoms with Gasteiger partial charge in [-0.3, -0.25) is 0 Å². The first-order chi connectivity index (χ1) is 12.9. The summed E-state index contributed by atoms with van der Waals surface area (Å²) in [6.07, 6.45) is 33.7. The Hall–Kier alpha value is -0.300. The van der Waals surface area contributed by atoms with E-state index in [0.717, 1.165) is 19.3 Å². The van der Waals surface area contributed by atoms with Gasteiger partial charge in [-0.1, -0.05) is 122 Å². The van der Waals surface area contributed by atoms with Gasteiger partial charge in [-0.2, -0.15) is 0 Å². The third-order valence-corrected chi connectivity index (χ3v) is 5.42. The van der Waals surface area contributed by atoms with Crippen LogP contribution in [-0.2, 0) is 0 Å². The summed E-state index contributed by atoms with van der Waals surface area (Å²) in [6.45, 7) is 2.63. The minimum Gasteiger partial charge on any atom is -0.396 e. The van der Waals surface area contributed by atoms with Gasteiger partial charge >= 0.3 is 0 Å². The second-order valence-electron chi connectivity index (χ2n) is 8.14. The van der Waals surface area contributed by atoms with Gasteiger partial charge < -0.3 is 5.11 Å². The lowest BCUT2D eigenvalue weighted by Gasteiger charge is -2.03. The molecule has 0 unspecified atom stereocenters. The number of unbranched alkanes of at least 4 members (excludes halogenated alkanes) is 19. The van der Waals surface area contributed by atoms with Crippen molar-refractivity contribution in [3.63, 3.8) is 0 Å². The van der Waals surface area contributed by atoms with E-state index in [1.165, 1.54) is 116 Å². The fourth-order valence-electron chi connectivity index (χ4n) is 3.60. The molecule has 1 nitrogen and oxygen atoms in total. The zero-order chi connectivity index (χ0) is 19.0. The maximum absolute atomic E-state index is 8.71. The van der Waals surface area contributed by atoms with E-state index in [1.807, 2.05) is 0 Å². The lowest BCUT2D eigenvalue weighted by molar-refractivity contribution is 0.285. The third-order valence-electron chi connectivity index (χ3n) is 5.42. The third kappa shape index (κ3) is 23.7. The smallest absolute Gasteiger partial charge is 0.0431 e. The van der Waals surface area contributed by atoms with Crippen molar-refractivity contribution in [2.75, 3.05) is 6.61 Å². The molecule has 0 saturated carbocycles. The zero-order valence-corrected chi connectivity index (χ0v) is 18.2. The summed E-state index contributed by atoms with van der Waals surface area (Å²) in [5, 5.41) is 8.71. The molecule has 0 aliphatic carbocycles. The summed E-state index contributed by atoms with van der Waals surface area (Å²) >= 11 is 0. The fraction of sp³-hybridized carbons (Fsp3) is 0.920. The van der Waals surface area contributed by atoms with Crippen LogP contribution in [0.3, 0.4) is 0 Å². The first-order valence-electron chi connectivity index (χ1n) is 12.2. The van der Waals surface area contributed by atoms with Crippen LogP contribution in [0.2, 0.25) is 0 Å². The highest BCUT2D eigenvalue weighted by Gasteiger charge is 1.94. The van der Waals surface area contributed by atoms with E-state index in [0.29, 0.717) is 6.61 Å². The molecule has 0 aromatic rings. The SMILES string of the molecule is CCCCCCCCCCCCCCCCCCC/C=C\CCCCO. The number of allylic oxidation sites excluding steroid dienone is 2. The Kier molecular flexibility index (Phi) is 24.4. The van der Waals surface area contributed by atoms with Crippen LogP contribution >= 0.6 is 0 Å². The van der Waals surface area contributed by atoms with Crippen LogP contribution in [0, 0.1) is 0 Å². The summed E-state index contributed by atoms with van der Waals surface area (Å²) < 4.78 is 0. The first-order valence-corrected chi connectivity index (χ1v) is 12.2. The summed E-state index contributed by atoms with van der Waals surface area (Å²) in [5.41, 5.74) is 0. The Morgan fingerprint density at radius 2 is 0.731 bits per heavy atom. The molecule has 0 aliphatic rings. The van der Waals surface area contributed by atoms with Crippen LogP contribution in [0.4, 0.5) is 0 Å². The maximum Gasteiger partial charge on any atom is 0.0431 e. The van der Waals surface area contributed by atoms with E-state index in [4.69, 9.17) is 5.11 Å². The normalized spacial score (nSPS) is 11.6. The maximum atomic E-state index is 8.71. The molecule has 1 N–H and O–H groups in total. The van der Waals surface area contributed by atoms with Crippen LogP contribution in [0.15, 0.2) is 12.2 Å². The molecule has 0 rings (SSSR count). The van der Waals surface area contributed by atoms with Gasteiger partial charge in [0.15, 0.2) is 0 Å². The Bertz CT molecular complexity index is 259. The summed E-state index contributed by atoms with van der Waals surface area (Å²) in [7, 11) is 0. The van der Waals surface area contributed by atoms with Crippen LogP contribution in [0.25, 0.3) is 0 Å². The average Bonchev–Trinajstić information content (AvgIpc) is 2.66. The number of hydrogen-bond acceptors (Lipinski definition) is 1. The quantitative estimate of drug-likeness (QED) is 0.150. The Morgan fingerprint density at radius 3 is 1.08 bits per heavy atom. The van der Waals surface area contributed by atoms with Crippen molar-refractivity contribution in [1.82, 2.24) is 0 Å². The van der Waals surface area contributed by atoms with Crippen molar-refractivity contribution in [1.29, 1.82) is 0 Å². The van der Waals surface area contributed by atoms with E-state index < -0.39 is 0 Å². The molecule has 0 aromatic heterocycles. The van der Waals surface area contributed by atoms with Gasteiger partial charge in [-0.15, -0.1) is 0 Å². The first kappa shape index (κ1) is 25.7. The van der Waals surface area contributed by atoms with Crippen LogP contribution in [0.5, 0.6) is 0 Å². The molecule has 0 heterocycles. The Balaban J connectivity index is 3.01. The van der Waals surface area contributed by atoms with E-state index in [1.54, 1.807) is 0 Å². The van der Waals surface area contributed by atoms with Gasteiger partial charge in [-0.25, -0.2) is 0 Å². The van der Waals surface area contributed by atoms with Crippen molar-refractivity contribution >= 4 is 0 Å². The molecular weight excluding hydrogens is 316 g/mol. The fourth-order valence-corrected chi connectivity index (χ4v) is 3.60. The van der Waals surface area contributed by atoms with Gasteiger partial charge in [0.05, 0.1) is 0 Å². The lowest BCUT2D eigenvalue weighted by atomic mass is 10.0. The molecule has 1 heteroatoms. The minimum absolute atomic E-state index is 0.340. The predicted molar refractivity (Wildman–Crippen MR) is 119 cm³/mol. The van der Waals surface area contributed by atoms with Gasteiger partial charge in [-0.05, 0) is 32.1 Å². The number of aliphatic hydroxyl groups is 1. The van der Waals surface area contributed by atoms with Gasteiger partial charge in [0.1, 0.15) is 0 Å². The Labute approximate surface area is 166 Å². The standard InChI is InChI=1S/C25H50O/c1-2-3-4-5-6-7-8-9-10-11-12-13-14-15-16-17-18-19-20-21-22-23-24-25-26/h20-21,26H,2-19,22-25H2,1H3/b21-20-. The average molecular weight is 367 g/mol. The molecule has 0 atom stereocenters. The van der Waals surface area contributed by atoms with Crippen molar-refractivity contribution in [3.05, 3.63) is 12.2 Å². The van der Waals surface area contributed by atoms with Crippen molar-refractivity contribution in [2.24, 2.45) is 0 Å². The van der Waals surface area contributed by atoms with E-state index in [-0.39, 0.29) is 0 Å². The van der Waals surface area contributed by atoms with Gasteiger partial charge in [0.25, 0.3) is 0 Å². The van der Waals surface area contributed by atoms with Gasteiger partial charge in [0, 0.05) is 6.61 Å². The summed E-state index contributed by atoms with van der Waals surface area (Å²) in [4.78, 5) is 0. The monoisotopic (exact) mass is 366 g/mol. The molecule has 26 heavy (non-hydrogen) atoms. The highest BCUT2D eigenvalue weighted by molar-refractivity contribution is 4.81. The van der Waals surface area contributed by atoms with Crippen molar-refractivity contribution < 1.29 is 5.11 Å². The highest BCUT2D eigenvalue weighted by Crippen LogP contribution is 2.14.